The number of nitrogens with one attached hydrogen (secondary N) is 2. The van der Waals surface area contributed by atoms with E-state index in [0.29, 0.717) is 27.5 Å². The van der Waals surface area contributed by atoms with E-state index < -0.39 is 33.8 Å². The quantitative estimate of drug-likeness (QED) is 0.246. The molecule has 2 aromatic carbocycles. The number of hydrogen-bond donors (Lipinski definition) is 3. The van der Waals surface area contributed by atoms with Crippen molar-refractivity contribution in [1.82, 2.24) is 24.6 Å². The lowest BCUT2D eigenvalue weighted by Gasteiger charge is -2.21. The van der Waals surface area contributed by atoms with Crippen molar-refractivity contribution < 1.29 is 27.1 Å². The number of pyridine rings is 1. The van der Waals surface area contributed by atoms with Crippen molar-refractivity contribution in [2.45, 2.75) is 12.5 Å². The van der Waals surface area contributed by atoms with Gasteiger partial charge in [0.2, 0.25) is 10.0 Å². The number of carboxylic acid groups (broad SMARTS) is 1. The Morgan fingerprint density at radius 1 is 1.10 bits per heavy atom. The first-order valence-corrected chi connectivity index (χ1v) is 14.1. The van der Waals surface area contributed by atoms with Gasteiger partial charge < -0.3 is 15.0 Å². The third-order valence-electron chi connectivity index (χ3n) is 6.40. The Labute approximate surface area is 232 Å². The average molecular weight is 589 g/mol. The number of halogens is 3. The Hall–Kier alpha value is -4.23. The van der Waals surface area contributed by atoms with E-state index in [0.717, 1.165) is 30.0 Å². The van der Waals surface area contributed by atoms with Gasteiger partial charge in [0.05, 0.1) is 45.0 Å². The van der Waals surface area contributed by atoms with Gasteiger partial charge in [0.25, 0.3) is 0 Å². The molecule has 0 saturated heterocycles. The summed E-state index contributed by atoms with van der Waals surface area (Å²) in [5.74, 6) is -1.57. The number of fused-ring (bicyclic) bond motifs is 2. The van der Waals surface area contributed by atoms with Crippen LogP contribution in [0.2, 0.25) is 5.02 Å². The van der Waals surface area contributed by atoms with Crippen LogP contribution in [-0.2, 0) is 30.5 Å². The molecule has 3 heterocycles. The molecule has 0 aliphatic heterocycles. The fraction of sp³-hybridized carbons (Fsp3) is 0.192. The molecule has 0 spiro atoms. The van der Waals surface area contributed by atoms with Crippen molar-refractivity contribution in [2.75, 3.05) is 11.0 Å². The van der Waals surface area contributed by atoms with E-state index >= 15 is 0 Å². The lowest BCUT2D eigenvalue weighted by Crippen LogP contribution is -2.29. The minimum absolute atomic E-state index is 0.0248. The summed E-state index contributed by atoms with van der Waals surface area (Å²) in [7, 11) is -0.248. The highest BCUT2D eigenvalue weighted by Gasteiger charge is 2.26. The third kappa shape index (κ3) is 5.29. The Balaban J connectivity index is 1.79. The highest BCUT2D eigenvalue weighted by Crippen LogP contribution is 2.40. The molecule has 1 amide bonds. The van der Waals surface area contributed by atoms with Gasteiger partial charge in [-0.25, -0.2) is 27.0 Å². The summed E-state index contributed by atoms with van der Waals surface area (Å²) in [6.45, 7) is 0. The zero-order chi connectivity index (χ0) is 28.9. The lowest BCUT2D eigenvalue weighted by molar-refractivity contribution is 0.189. The normalized spacial score (nSPS) is 12.7. The first-order valence-electron chi connectivity index (χ1n) is 11.8. The lowest BCUT2D eigenvalue weighted by atomic mass is 9.94. The van der Waals surface area contributed by atoms with Crippen molar-refractivity contribution in [1.29, 1.82) is 0 Å². The number of rotatable bonds is 7. The number of aromatic nitrogens is 4. The van der Waals surface area contributed by atoms with Gasteiger partial charge in [0.15, 0.2) is 5.82 Å². The second kappa shape index (κ2) is 10.1. The topological polar surface area (TPSA) is 131 Å². The van der Waals surface area contributed by atoms with Crippen LogP contribution in [0.3, 0.4) is 0 Å². The van der Waals surface area contributed by atoms with Crippen LogP contribution in [0, 0.1) is 11.6 Å². The Morgan fingerprint density at radius 2 is 1.80 bits per heavy atom. The summed E-state index contributed by atoms with van der Waals surface area (Å²) in [5, 5.41) is 17.0. The molecule has 0 unspecified atom stereocenters. The maximum atomic E-state index is 14.0. The smallest absolute Gasteiger partial charge is 0.405 e. The standard InChI is InChI=1S/C26H23ClF2N6O4S/c1-34-7-6-19-21(34)12-17(16-4-5-18(27)22-24(16)35(2)32-25(22)33-40(3,38)39)23(30-19)20(31-26(36)37)10-13-8-14(28)11-15(29)9-13/h4-9,11-12,20,31H,10H2,1-3H3,(H,32,33)(H,36,37)/t20-/m1/s1. The summed E-state index contributed by atoms with van der Waals surface area (Å²) in [4.78, 5) is 16.7. The van der Waals surface area contributed by atoms with Crippen LogP contribution in [0.5, 0.6) is 0 Å². The number of amides is 1. The fourth-order valence-corrected chi connectivity index (χ4v) is 5.59. The average Bonchev–Trinajstić information content (AvgIpc) is 3.36. The molecular weight excluding hydrogens is 566 g/mol. The molecule has 14 heteroatoms. The number of aryl methyl sites for hydroxylation is 2. The van der Waals surface area contributed by atoms with Crippen LogP contribution in [0.25, 0.3) is 33.1 Å². The number of sulfonamides is 1. The van der Waals surface area contributed by atoms with E-state index in [-0.39, 0.29) is 28.5 Å². The summed E-state index contributed by atoms with van der Waals surface area (Å²) in [6, 6.07) is 8.83. The van der Waals surface area contributed by atoms with Crippen molar-refractivity contribution in [3.63, 3.8) is 0 Å². The van der Waals surface area contributed by atoms with E-state index in [2.05, 4.69) is 15.1 Å². The van der Waals surface area contributed by atoms with E-state index in [1.54, 1.807) is 31.4 Å². The van der Waals surface area contributed by atoms with Crippen molar-refractivity contribution >= 4 is 55.5 Å². The van der Waals surface area contributed by atoms with Crippen LogP contribution < -0.4 is 10.0 Å². The zero-order valence-corrected chi connectivity index (χ0v) is 23.0. The summed E-state index contributed by atoms with van der Waals surface area (Å²) < 4.78 is 57.7. The highest BCUT2D eigenvalue weighted by atomic mass is 35.5. The van der Waals surface area contributed by atoms with Crippen LogP contribution >= 0.6 is 11.6 Å². The highest BCUT2D eigenvalue weighted by molar-refractivity contribution is 7.92. The van der Waals surface area contributed by atoms with Gasteiger partial charge in [0.1, 0.15) is 11.6 Å². The van der Waals surface area contributed by atoms with Gasteiger partial charge in [-0.3, -0.25) is 9.40 Å². The molecule has 40 heavy (non-hydrogen) atoms. The monoisotopic (exact) mass is 588 g/mol. The molecular formula is C26H23ClF2N6O4S. The Bertz CT molecular complexity index is 1900. The molecule has 0 aliphatic carbocycles. The number of benzene rings is 2. The minimum atomic E-state index is -3.69. The fourth-order valence-electron chi connectivity index (χ4n) is 4.85. The molecule has 0 saturated carbocycles. The van der Waals surface area contributed by atoms with Gasteiger partial charge in [-0.15, -0.1) is 0 Å². The number of carbonyl (C=O) groups is 1. The predicted octanol–water partition coefficient (Wildman–Crippen LogP) is 4.98. The first-order chi connectivity index (χ1) is 18.8. The van der Waals surface area contributed by atoms with E-state index in [1.165, 1.54) is 4.68 Å². The molecule has 3 aromatic heterocycles. The number of nitrogens with zero attached hydrogens (tertiary/aromatic N) is 4. The first kappa shape index (κ1) is 27.3. The molecule has 0 radical (unpaired) electrons. The second-order valence-corrected chi connectivity index (χ2v) is 11.6. The molecule has 208 valence electrons. The molecule has 0 bridgehead atoms. The Kier molecular flexibility index (Phi) is 6.88. The molecule has 1 atom stereocenters. The molecule has 3 N–H and O–H groups in total. The molecule has 0 aliphatic rings. The number of anilines is 1. The SMILES string of the molecule is Cn1ccc2nc([C@@H](Cc3cc(F)cc(F)c3)NC(=O)O)c(-c3ccc(Cl)c4c(NS(C)(=O)=O)nn(C)c34)cc21. The van der Waals surface area contributed by atoms with Crippen LogP contribution in [0.15, 0.2) is 48.7 Å². The van der Waals surface area contributed by atoms with Gasteiger partial charge in [0, 0.05) is 37.5 Å². The zero-order valence-electron chi connectivity index (χ0n) is 21.4. The van der Waals surface area contributed by atoms with Crippen LogP contribution in [0.1, 0.15) is 17.3 Å². The van der Waals surface area contributed by atoms with Gasteiger partial charge >= 0.3 is 6.09 Å². The van der Waals surface area contributed by atoms with Crippen molar-refractivity contribution in [2.24, 2.45) is 14.1 Å². The number of hydrogen-bond acceptors (Lipinski definition) is 5. The second-order valence-electron chi connectivity index (χ2n) is 9.40. The van der Waals surface area contributed by atoms with Crippen molar-refractivity contribution in [3.05, 3.63) is 76.6 Å². The molecule has 5 rings (SSSR count). The maximum Gasteiger partial charge on any atom is 0.405 e. The van der Waals surface area contributed by atoms with E-state index in [4.69, 9.17) is 16.6 Å². The minimum Gasteiger partial charge on any atom is -0.465 e. The molecule has 0 fully saturated rings. The van der Waals surface area contributed by atoms with Crippen LogP contribution in [0.4, 0.5) is 19.4 Å². The van der Waals surface area contributed by atoms with Gasteiger partial charge in [-0.1, -0.05) is 17.7 Å². The molecule has 10 nitrogen and oxygen atoms in total. The molecule has 5 aromatic rings. The Morgan fingerprint density at radius 3 is 2.45 bits per heavy atom. The third-order valence-corrected chi connectivity index (χ3v) is 7.28. The largest absolute Gasteiger partial charge is 0.465 e. The summed E-state index contributed by atoms with van der Waals surface area (Å²) in [6.07, 6.45) is 1.32. The van der Waals surface area contributed by atoms with Gasteiger partial charge in [-0.2, -0.15) is 5.10 Å². The van der Waals surface area contributed by atoms with Crippen LogP contribution in [-0.4, -0.2) is 45.2 Å². The van der Waals surface area contributed by atoms with Gasteiger partial charge in [-0.05, 0) is 42.3 Å². The van der Waals surface area contributed by atoms with Crippen molar-refractivity contribution in [3.8, 4) is 11.1 Å². The summed E-state index contributed by atoms with van der Waals surface area (Å²) >= 11 is 6.51. The predicted molar refractivity (Wildman–Crippen MR) is 148 cm³/mol. The van der Waals surface area contributed by atoms with E-state index in [9.17, 15) is 27.1 Å². The van der Waals surface area contributed by atoms with E-state index in [1.807, 2.05) is 17.7 Å². The maximum absolute atomic E-state index is 14.0. The summed E-state index contributed by atoms with van der Waals surface area (Å²) in [5.41, 5.74) is 3.28.